The summed E-state index contributed by atoms with van der Waals surface area (Å²) in [6, 6.07) is 9.35. The van der Waals surface area contributed by atoms with E-state index in [0.29, 0.717) is 17.7 Å². The predicted octanol–water partition coefficient (Wildman–Crippen LogP) is 3.60. The molecule has 1 saturated carbocycles. The van der Waals surface area contributed by atoms with Gasteiger partial charge in [0.25, 0.3) is 5.95 Å². The molecule has 3 amide bonds. The number of carbonyl (C=O) groups excluding carboxylic acids is 2. The number of anilines is 1. The highest BCUT2D eigenvalue weighted by Gasteiger charge is 2.23. The molecule has 0 saturated heterocycles. The largest absolute Gasteiger partial charge is 0.349 e. The first kappa shape index (κ1) is 23.4. The second-order valence-electron chi connectivity index (χ2n) is 8.97. The topological polar surface area (TPSA) is 114 Å². The summed E-state index contributed by atoms with van der Waals surface area (Å²) in [5.74, 6) is 0.420. The Bertz CT molecular complexity index is 1190. The molecule has 1 atom stereocenters. The molecule has 0 radical (unpaired) electrons. The molecule has 1 aromatic carbocycles. The zero-order valence-electron chi connectivity index (χ0n) is 20.3. The Hall–Kier alpha value is -3.75. The van der Waals surface area contributed by atoms with Crippen LogP contribution in [0, 0.1) is 27.7 Å². The first-order valence-electron chi connectivity index (χ1n) is 11.5. The third-order valence-corrected chi connectivity index (χ3v) is 5.90. The third-order valence-electron chi connectivity index (χ3n) is 5.90. The Labute approximate surface area is 199 Å². The van der Waals surface area contributed by atoms with Gasteiger partial charge in [-0.25, -0.2) is 19.4 Å². The smallest absolute Gasteiger partial charge is 0.319 e. The van der Waals surface area contributed by atoms with Crippen LogP contribution in [0.1, 0.15) is 59.7 Å². The average Bonchev–Trinajstić information content (AvgIpc) is 3.53. The summed E-state index contributed by atoms with van der Waals surface area (Å²) >= 11 is 0. The monoisotopic (exact) mass is 461 g/mol. The minimum absolute atomic E-state index is 0.0920. The van der Waals surface area contributed by atoms with Crippen LogP contribution in [0.2, 0.25) is 0 Å². The van der Waals surface area contributed by atoms with E-state index in [0.717, 1.165) is 46.7 Å². The van der Waals surface area contributed by atoms with Crippen LogP contribution in [0.25, 0.3) is 5.95 Å². The zero-order chi connectivity index (χ0) is 24.4. The van der Waals surface area contributed by atoms with Crippen molar-refractivity contribution in [2.75, 3.05) is 5.32 Å². The van der Waals surface area contributed by atoms with Crippen LogP contribution in [0.15, 0.2) is 30.3 Å². The Morgan fingerprint density at radius 3 is 2.32 bits per heavy atom. The molecule has 2 heterocycles. The van der Waals surface area contributed by atoms with Crippen LogP contribution in [-0.2, 0) is 11.2 Å². The number of hydrogen-bond acceptors (Lipinski definition) is 5. The minimum atomic E-state index is -0.186. The third kappa shape index (κ3) is 5.59. The number of urea groups is 1. The summed E-state index contributed by atoms with van der Waals surface area (Å²) in [4.78, 5) is 33.7. The van der Waals surface area contributed by atoms with E-state index >= 15 is 0 Å². The molecule has 2 aromatic heterocycles. The molecule has 1 unspecified atom stereocenters. The van der Waals surface area contributed by atoms with Crippen LogP contribution in [0.5, 0.6) is 0 Å². The fourth-order valence-electron chi connectivity index (χ4n) is 3.90. The van der Waals surface area contributed by atoms with Crippen LogP contribution in [-0.4, -0.2) is 37.7 Å². The van der Waals surface area contributed by atoms with E-state index in [-0.39, 0.29) is 24.4 Å². The lowest BCUT2D eigenvalue weighted by Crippen LogP contribution is -2.30. The highest BCUT2D eigenvalue weighted by atomic mass is 16.2. The lowest BCUT2D eigenvalue weighted by molar-refractivity contribution is -0.121. The molecule has 9 heteroatoms. The Morgan fingerprint density at radius 1 is 1.06 bits per heavy atom. The number of nitrogens with one attached hydrogen (secondary N) is 3. The molecule has 178 valence electrons. The molecule has 9 nitrogen and oxygen atoms in total. The van der Waals surface area contributed by atoms with Gasteiger partial charge in [-0.3, -0.25) is 4.79 Å². The van der Waals surface area contributed by atoms with Gasteiger partial charge in [0.1, 0.15) is 0 Å². The highest BCUT2D eigenvalue weighted by molar-refractivity contribution is 5.89. The van der Waals surface area contributed by atoms with Crippen molar-refractivity contribution >= 4 is 17.6 Å². The second kappa shape index (κ2) is 9.62. The van der Waals surface area contributed by atoms with E-state index in [9.17, 15) is 9.59 Å². The van der Waals surface area contributed by atoms with Crippen molar-refractivity contribution in [3.05, 3.63) is 64.2 Å². The van der Waals surface area contributed by atoms with Gasteiger partial charge in [-0.2, -0.15) is 5.10 Å². The molecule has 0 bridgehead atoms. The molecule has 4 rings (SSSR count). The fourth-order valence-corrected chi connectivity index (χ4v) is 3.90. The van der Waals surface area contributed by atoms with Gasteiger partial charge in [-0.05, 0) is 71.2 Å². The van der Waals surface area contributed by atoms with Crippen LogP contribution >= 0.6 is 0 Å². The van der Waals surface area contributed by atoms with Gasteiger partial charge in [0.15, 0.2) is 0 Å². The molecule has 34 heavy (non-hydrogen) atoms. The van der Waals surface area contributed by atoms with Crippen molar-refractivity contribution in [2.24, 2.45) is 0 Å². The number of aryl methyl sites for hydroxylation is 3. The Kier molecular flexibility index (Phi) is 6.63. The van der Waals surface area contributed by atoms with E-state index in [4.69, 9.17) is 0 Å². The van der Waals surface area contributed by atoms with Crippen LogP contribution < -0.4 is 16.0 Å². The summed E-state index contributed by atoms with van der Waals surface area (Å²) in [5.41, 5.74) is 5.91. The van der Waals surface area contributed by atoms with E-state index < -0.39 is 0 Å². The molecular formula is C25H31N7O2. The van der Waals surface area contributed by atoms with E-state index in [1.54, 1.807) is 4.68 Å². The van der Waals surface area contributed by atoms with Crippen molar-refractivity contribution in [1.82, 2.24) is 30.4 Å². The van der Waals surface area contributed by atoms with Gasteiger partial charge >= 0.3 is 6.03 Å². The summed E-state index contributed by atoms with van der Waals surface area (Å²) in [6.07, 6.45) is 2.30. The number of aromatic nitrogens is 4. The summed E-state index contributed by atoms with van der Waals surface area (Å²) in [6.45, 7) is 9.60. The van der Waals surface area contributed by atoms with Gasteiger partial charge in [-0.1, -0.05) is 12.1 Å². The van der Waals surface area contributed by atoms with Crippen LogP contribution in [0.4, 0.5) is 10.5 Å². The standard InChI is InChI=1S/C25H31N7O2/c1-14-12-15(2)27-24(26-14)32-18(5)22(17(4)31-32)13-23(33)28-16(3)19-6-8-20(9-7-19)29-25(34)30-21-10-11-21/h6-9,12,16,21H,10-11,13H2,1-5H3,(H,28,33)(H2,29,30,34). The van der Waals surface area contributed by atoms with Gasteiger partial charge in [0.2, 0.25) is 5.91 Å². The van der Waals surface area contributed by atoms with E-state index in [2.05, 4.69) is 31.0 Å². The maximum atomic E-state index is 12.8. The summed E-state index contributed by atoms with van der Waals surface area (Å²) in [7, 11) is 0. The van der Waals surface area contributed by atoms with Crippen molar-refractivity contribution in [3.63, 3.8) is 0 Å². The molecule has 0 spiro atoms. The van der Waals surface area contributed by atoms with Crippen molar-refractivity contribution in [3.8, 4) is 5.95 Å². The molecule has 1 aliphatic rings. The lowest BCUT2D eigenvalue weighted by atomic mass is 10.1. The number of amides is 3. The Balaban J connectivity index is 1.38. The molecule has 1 aliphatic carbocycles. The zero-order valence-corrected chi connectivity index (χ0v) is 20.3. The molecule has 0 aliphatic heterocycles. The van der Waals surface area contributed by atoms with E-state index in [1.807, 2.05) is 65.0 Å². The predicted molar refractivity (Wildman–Crippen MR) is 130 cm³/mol. The highest BCUT2D eigenvalue weighted by Crippen LogP contribution is 2.21. The normalized spacial score (nSPS) is 13.9. The first-order chi connectivity index (χ1) is 16.2. The van der Waals surface area contributed by atoms with E-state index in [1.165, 1.54) is 0 Å². The average molecular weight is 462 g/mol. The lowest BCUT2D eigenvalue weighted by Gasteiger charge is -2.15. The van der Waals surface area contributed by atoms with Gasteiger partial charge in [0, 0.05) is 34.4 Å². The van der Waals surface area contributed by atoms with Gasteiger partial charge < -0.3 is 16.0 Å². The van der Waals surface area contributed by atoms with Gasteiger partial charge in [0.05, 0.1) is 18.2 Å². The van der Waals surface area contributed by atoms with Crippen molar-refractivity contribution in [2.45, 2.75) is 66.0 Å². The number of hydrogen-bond donors (Lipinski definition) is 3. The summed E-state index contributed by atoms with van der Waals surface area (Å²) in [5, 5.41) is 13.4. The fraction of sp³-hybridized carbons (Fsp3) is 0.400. The number of rotatable bonds is 7. The molecular weight excluding hydrogens is 430 g/mol. The minimum Gasteiger partial charge on any atom is -0.349 e. The van der Waals surface area contributed by atoms with Crippen molar-refractivity contribution < 1.29 is 9.59 Å². The first-order valence-corrected chi connectivity index (χ1v) is 11.5. The molecule has 1 fully saturated rings. The maximum absolute atomic E-state index is 12.8. The maximum Gasteiger partial charge on any atom is 0.319 e. The number of carbonyl (C=O) groups is 2. The number of benzene rings is 1. The number of nitrogens with zero attached hydrogens (tertiary/aromatic N) is 4. The SMILES string of the molecule is Cc1cc(C)nc(-n2nc(C)c(CC(=O)NC(C)c3ccc(NC(=O)NC4CC4)cc3)c2C)n1. The summed E-state index contributed by atoms with van der Waals surface area (Å²) < 4.78 is 1.70. The molecule has 3 aromatic rings. The Morgan fingerprint density at radius 2 is 1.71 bits per heavy atom. The molecule has 3 N–H and O–H groups in total. The second-order valence-corrected chi connectivity index (χ2v) is 8.97. The van der Waals surface area contributed by atoms with Crippen LogP contribution in [0.3, 0.4) is 0 Å². The quantitative estimate of drug-likeness (QED) is 0.497. The van der Waals surface area contributed by atoms with Gasteiger partial charge in [-0.15, -0.1) is 0 Å². The van der Waals surface area contributed by atoms with Crippen molar-refractivity contribution in [1.29, 1.82) is 0 Å².